The standard InChI is InChI=1S/C18H21N5O4/c1-19-16(24)10-15-17(25)20-7-8-23(15)18(26)14-9-12(21-22-14)11-27-13-5-3-2-4-6-13/h2-6,9,15H,7-8,10-11H2,1H3,(H,19,24)(H,20,25)(H,21,22)/t15-/m0/s1. The van der Waals surface area contributed by atoms with E-state index in [2.05, 4.69) is 20.8 Å². The second-order valence-corrected chi connectivity index (χ2v) is 6.06. The highest BCUT2D eigenvalue weighted by Crippen LogP contribution is 2.15. The number of aromatic amines is 1. The van der Waals surface area contributed by atoms with Crippen molar-refractivity contribution in [3.63, 3.8) is 0 Å². The van der Waals surface area contributed by atoms with Crippen molar-refractivity contribution in [2.75, 3.05) is 20.1 Å². The second-order valence-electron chi connectivity index (χ2n) is 6.06. The number of hydrogen-bond donors (Lipinski definition) is 3. The highest BCUT2D eigenvalue weighted by Gasteiger charge is 2.35. The quantitative estimate of drug-likeness (QED) is 0.664. The number of carbonyl (C=O) groups is 3. The smallest absolute Gasteiger partial charge is 0.275 e. The molecule has 0 bridgehead atoms. The zero-order chi connectivity index (χ0) is 19.2. The minimum absolute atomic E-state index is 0.0948. The summed E-state index contributed by atoms with van der Waals surface area (Å²) in [4.78, 5) is 38.0. The van der Waals surface area contributed by atoms with Crippen LogP contribution in [0.4, 0.5) is 0 Å². The molecule has 27 heavy (non-hydrogen) atoms. The number of para-hydroxylation sites is 1. The number of nitrogens with one attached hydrogen (secondary N) is 3. The molecule has 3 rings (SSSR count). The van der Waals surface area contributed by atoms with E-state index in [1.165, 1.54) is 11.9 Å². The highest BCUT2D eigenvalue weighted by atomic mass is 16.5. The second kappa shape index (κ2) is 8.35. The molecule has 1 aliphatic rings. The summed E-state index contributed by atoms with van der Waals surface area (Å²) in [6, 6.07) is 10.0. The number of H-pyrrole nitrogens is 1. The topological polar surface area (TPSA) is 116 Å². The molecule has 1 atom stereocenters. The van der Waals surface area contributed by atoms with Crippen LogP contribution in [0.3, 0.4) is 0 Å². The molecule has 1 aromatic carbocycles. The first-order valence-corrected chi connectivity index (χ1v) is 8.60. The lowest BCUT2D eigenvalue weighted by atomic mass is 10.1. The Kier molecular flexibility index (Phi) is 5.70. The van der Waals surface area contributed by atoms with Gasteiger partial charge in [-0.1, -0.05) is 18.2 Å². The van der Waals surface area contributed by atoms with Gasteiger partial charge >= 0.3 is 0 Å². The Labute approximate surface area is 156 Å². The van der Waals surface area contributed by atoms with Gasteiger partial charge in [-0.05, 0) is 18.2 Å². The molecule has 1 aromatic heterocycles. The summed E-state index contributed by atoms with van der Waals surface area (Å²) in [6.45, 7) is 0.880. The van der Waals surface area contributed by atoms with Crippen molar-refractivity contribution in [2.24, 2.45) is 0 Å². The van der Waals surface area contributed by atoms with Crippen molar-refractivity contribution in [1.29, 1.82) is 0 Å². The Morgan fingerprint density at radius 3 is 2.85 bits per heavy atom. The van der Waals surface area contributed by atoms with E-state index >= 15 is 0 Å². The van der Waals surface area contributed by atoms with Crippen LogP contribution in [-0.4, -0.2) is 59.0 Å². The zero-order valence-corrected chi connectivity index (χ0v) is 14.9. The molecule has 3 amide bonds. The number of carbonyl (C=O) groups excluding carboxylic acids is 3. The maximum Gasteiger partial charge on any atom is 0.275 e. The fraction of sp³-hybridized carbons (Fsp3) is 0.333. The first-order chi connectivity index (χ1) is 13.1. The summed E-state index contributed by atoms with van der Waals surface area (Å²) in [7, 11) is 1.49. The van der Waals surface area contributed by atoms with Gasteiger partial charge in [0.2, 0.25) is 11.8 Å². The van der Waals surface area contributed by atoms with E-state index in [1.54, 1.807) is 6.07 Å². The summed E-state index contributed by atoms with van der Waals surface area (Å²) >= 11 is 0. The fourth-order valence-corrected chi connectivity index (χ4v) is 2.81. The summed E-state index contributed by atoms with van der Waals surface area (Å²) in [6.07, 6.45) is -0.0948. The van der Waals surface area contributed by atoms with E-state index in [0.29, 0.717) is 24.5 Å². The number of benzene rings is 1. The van der Waals surface area contributed by atoms with E-state index in [4.69, 9.17) is 4.74 Å². The van der Waals surface area contributed by atoms with E-state index < -0.39 is 11.9 Å². The van der Waals surface area contributed by atoms with Crippen LogP contribution in [0.25, 0.3) is 0 Å². The molecule has 3 N–H and O–H groups in total. The number of amides is 3. The summed E-state index contributed by atoms with van der Waals surface area (Å²) < 4.78 is 5.62. The van der Waals surface area contributed by atoms with Crippen LogP contribution >= 0.6 is 0 Å². The Balaban J connectivity index is 1.68. The third-order valence-corrected chi connectivity index (χ3v) is 4.24. The summed E-state index contributed by atoms with van der Waals surface area (Å²) in [5.41, 5.74) is 0.810. The third kappa shape index (κ3) is 4.43. The molecule has 1 saturated heterocycles. The minimum Gasteiger partial charge on any atom is -0.487 e. The molecule has 0 aliphatic carbocycles. The van der Waals surface area contributed by atoms with Crippen LogP contribution in [0.1, 0.15) is 22.6 Å². The minimum atomic E-state index is -0.855. The Bertz CT molecular complexity index is 820. The molecule has 9 heteroatoms. The van der Waals surface area contributed by atoms with Gasteiger partial charge in [-0.15, -0.1) is 0 Å². The van der Waals surface area contributed by atoms with E-state index in [9.17, 15) is 14.4 Å². The molecule has 0 saturated carbocycles. The zero-order valence-electron chi connectivity index (χ0n) is 14.9. The number of rotatable bonds is 6. The van der Waals surface area contributed by atoms with Gasteiger partial charge in [-0.2, -0.15) is 5.10 Å². The van der Waals surface area contributed by atoms with Crippen molar-refractivity contribution in [1.82, 2.24) is 25.7 Å². The predicted octanol–water partition coefficient (Wildman–Crippen LogP) is 0.0654. The van der Waals surface area contributed by atoms with Crippen LogP contribution < -0.4 is 15.4 Å². The molecular weight excluding hydrogens is 350 g/mol. The van der Waals surface area contributed by atoms with Crippen LogP contribution in [0.2, 0.25) is 0 Å². The van der Waals surface area contributed by atoms with E-state index in [1.807, 2.05) is 30.3 Å². The van der Waals surface area contributed by atoms with E-state index in [0.717, 1.165) is 0 Å². The van der Waals surface area contributed by atoms with Crippen LogP contribution in [0.15, 0.2) is 36.4 Å². The van der Waals surface area contributed by atoms with Gasteiger partial charge < -0.3 is 20.3 Å². The number of hydrogen-bond acceptors (Lipinski definition) is 5. The van der Waals surface area contributed by atoms with Gasteiger partial charge in [0, 0.05) is 20.1 Å². The lowest BCUT2D eigenvalue weighted by molar-refractivity contribution is -0.132. The third-order valence-electron chi connectivity index (χ3n) is 4.24. The summed E-state index contributed by atoms with van der Waals surface area (Å²) in [5.74, 6) is -0.352. The van der Waals surface area contributed by atoms with Crippen LogP contribution in [-0.2, 0) is 16.2 Å². The van der Waals surface area contributed by atoms with Gasteiger partial charge in [-0.25, -0.2) is 0 Å². The average molecular weight is 371 g/mol. The average Bonchev–Trinajstić information content (AvgIpc) is 3.17. The molecule has 0 spiro atoms. The Morgan fingerprint density at radius 2 is 2.11 bits per heavy atom. The molecule has 2 heterocycles. The van der Waals surface area contributed by atoms with Crippen molar-refractivity contribution in [3.05, 3.63) is 47.8 Å². The molecular formula is C18H21N5O4. The van der Waals surface area contributed by atoms with Crippen molar-refractivity contribution in [2.45, 2.75) is 19.1 Å². The van der Waals surface area contributed by atoms with Gasteiger partial charge in [0.25, 0.3) is 5.91 Å². The SMILES string of the molecule is CNC(=O)C[C@H]1C(=O)NCCN1C(=O)c1cc(COc2ccccc2)[nH]n1. The van der Waals surface area contributed by atoms with Crippen molar-refractivity contribution in [3.8, 4) is 5.75 Å². The molecule has 0 radical (unpaired) electrons. The van der Waals surface area contributed by atoms with E-state index in [-0.39, 0.29) is 30.5 Å². The number of nitrogens with zero attached hydrogens (tertiary/aromatic N) is 2. The summed E-state index contributed by atoms with van der Waals surface area (Å²) in [5, 5.41) is 12.0. The Morgan fingerprint density at radius 1 is 1.33 bits per heavy atom. The first kappa shape index (κ1) is 18.4. The molecule has 9 nitrogen and oxygen atoms in total. The highest BCUT2D eigenvalue weighted by molar-refractivity contribution is 5.98. The van der Waals surface area contributed by atoms with Crippen LogP contribution in [0.5, 0.6) is 5.75 Å². The monoisotopic (exact) mass is 371 g/mol. The van der Waals surface area contributed by atoms with Gasteiger partial charge in [-0.3, -0.25) is 19.5 Å². The molecule has 142 valence electrons. The fourth-order valence-electron chi connectivity index (χ4n) is 2.81. The predicted molar refractivity (Wildman–Crippen MR) is 95.9 cm³/mol. The maximum absolute atomic E-state index is 12.8. The van der Waals surface area contributed by atoms with Crippen LogP contribution in [0, 0.1) is 0 Å². The molecule has 1 aliphatic heterocycles. The van der Waals surface area contributed by atoms with Gasteiger partial charge in [0.15, 0.2) is 5.69 Å². The Hall–Kier alpha value is -3.36. The molecule has 2 aromatic rings. The first-order valence-electron chi connectivity index (χ1n) is 8.60. The van der Waals surface area contributed by atoms with Gasteiger partial charge in [0.1, 0.15) is 18.4 Å². The van der Waals surface area contributed by atoms with Crippen molar-refractivity contribution < 1.29 is 19.1 Å². The maximum atomic E-state index is 12.8. The lowest BCUT2D eigenvalue weighted by Gasteiger charge is -2.34. The molecule has 1 fully saturated rings. The van der Waals surface area contributed by atoms with Crippen molar-refractivity contribution >= 4 is 17.7 Å². The lowest BCUT2D eigenvalue weighted by Crippen LogP contribution is -2.58. The number of ether oxygens (including phenoxy) is 1. The molecule has 0 unspecified atom stereocenters. The number of aromatic nitrogens is 2. The number of piperazine rings is 1. The van der Waals surface area contributed by atoms with Gasteiger partial charge in [0.05, 0.1) is 12.1 Å². The normalized spacial score (nSPS) is 16.6. The largest absolute Gasteiger partial charge is 0.487 e.